The summed E-state index contributed by atoms with van der Waals surface area (Å²) in [4.78, 5) is 48.7. The van der Waals surface area contributed by atoms with E-state index in [2.05, 4.69) is 5.32 Å². The van der Waals surface area contributed by atoms with E-state index < -0.39 is 29.5 Å². The van der Waals surface area contributed by atoms with Crippen molar-refractivity contribution in [1.82, 2.24) is 15.1 Å². The Kier molecular flexibility index (Phi) is 5.49. The van der Waals surface area contributed by atoms with E-state index in [0.29, 0.717) is 24.9 Å². The third kappa shape index (κ3) is 2.95. The van der Waals surface area contributed by atoms with E-state index in [0.717, 1.165) is 11.3 Å². The number of β-lactam (4-membered cyclic amide) rings is 1. The zero-order valence-corrected chi connectivity index (χ0v) is 14.6. The summed E-state index contributed by atoms with van der Waals surface area (Å²) in [6.07, 6.45) is 0.935. The first-order valence-corrected chi connectivity index (χ1v) is 9.16. The van der Waals surface area contributed by atoms with E-state index >= 15 is 0 Å². The molecule has 3 aliphatic heterocycles. The van der Waals surface area contributed by atoms with Crippen LogP contribution in [0.5, 0.6) is 0 Å². The van der Waals surface area contributed by atoms with Crippen molar-refractivity contribution < 1.29 is 34.1 Å². The largest absolute Gasteiger partial charge is 0.477 e. The quantitative estimate of drug-likeness (QED) is 0.330. The highest BCUT2D eigenvalue weighted by Crippen LogP contribution is 2.42. The Balaban J connectivity index is 1.97. The number of fused-ring (bicyclic) bond motifs is 1. The highest BCUT2D eigenvalue weighted by Gasteiger charge is 2.55. The Morgan fingerprint density at radius 3 is 2.85 bits per heavy atom. The molecule has 26 heavy (non-hydrogen) atoms. The summed E-state index contributed by atoms with van der Waals surface area (Å²) in [6, 6.07) is -1.02. The fourth-order valence-corrected chi connectivity index (χ4v) is 5.08. The fourth-order valence-electron chi connectivity index (χ4n) is 3.70. The molecule has 0 spiro atoms. The van der Waals surface area contributed by atoms with E-state index in [1.165, 1.54) is 11.8 Å². The molecule has 3 heterocycles. The molecule has 0 bridgehead atoms. The number of ether oxygens (including phenoxy) is 1. The Hall–Kier alpha value is -2.11. The molecule has 0 aromatic carbocycles. The molecule has 0 radical (unpaired) electrons. The van der Waals surface area contributed by atoms with Crippen LogP contribution in [0.1, 0.15) is 12.8 Å². The number of hydrogen-bond donors (Lipinski definition) is 3. The van der Waals surface area contributed by atoms with Gasteiger partial charge in [0.25, 0.3) is 12.4 Å². The van der Waals surface area contributed by atoms with Crippen molar-refractivity contribution in [2.75, 3.05) is 18.9 Å². The fraction of sp³-hybridized carbons (Fsp3) is 0.600. The number of carbonyl (C=O) groups excluding carboxylic acids is 3. The predicted octanol–water partition coefficient (Wildman–Crippen LogP) is -1.69. The summed E-state index contributed by atoms with van der Waals surface area (Å²) < 4.78 is 5.19. The number of carboxylic acid groups (broad SMARTS) is 1. The van der Waals surface area contributed by atoms with Gasteiger partial charge in [-0.2, -0.15) is 0 Å². The van der Waals surface area contributed by atoms with Crippen LogP contribution in [-0.4, -0.2) is 87.4 Å². The minimum Gasteiger partial charge on any atom is -0.477 e. The van der Waals surface area contributed by atoms with Crippen LogP contribution in [0.3, 0.4) is 0 Å². The number of carbonyl (C=O) groups is 4. The van der Waals surface area contributed by atoms with Crippen LogP contribution in [0.2, 0.25) is 0 Å². The molecule has 0 aliphatic carbocycles. The van der Waals surface area contributed by atoms with Crippen molar-refractivity contribution in [2.45, 2.75) is 36.5 Å². The summed E-state index contributed by atoms with van der Waals surface area (Å²) in [6.45, 7) is 0.644. The molecule has 10 nitrogen and oxygen atoms in total. The van der Waals surface area contributed by atoms with Crippen molar-refractivity contribution >= 4 is 36.5 Å². The second-order valence-electron chi connectivity index (χ2n) is 6.15. The second kappa shape index (κ2) is 7.64. The number of likely N-dealkylation sites (tertiary alicyclic amines) is 1. The zero-order valence-electron chi connectivity index (χ0n) is 13.7. The number of aliphatic hydroxyl groups is 1. The van der Waals surface area contributed by atoms with Gasteiger partial charge in [-0.05, 0) is 12.8 Å². The minimum absolute atomic E-state index is 0.141. The average molecular weight is 385 g/mol. The van der Waals surface area contributed by atoms with Gasteiger partial charge in [-0.3, -0.25) is 24.2 Å². The van der Waals surface area contributed by atoms with Crippen molar-refractivity contribution in [2.24, 2.45) is 0 Å². The third-order valence-corrected chi connectivity index (χ3v) is 6.17. The lowest BCUT2D eigenvalue weighted by molar-refractivity contribution is -0.151. The summed E-state index contributed by atoms with van der Waals surface area (Å²) in [5.41, 5.74) is 0.0715. The van der Waals surface area contributed by atoms with E-state index in [1.54, 1.807) is 4.90 Å². The number of nitrogens with one attached hydrogen (secondary N) is 1. The lowest BCUT2D eigenvalue weighted by atomic mass is 10.0. The predicted molar refractivity (Wildman–Crippen MR) is 88.5 cm³/mol. The monoisotopic (exact) mass is 385 g/mol. The highest BCUT2D eigenvalue weighted by atomic mass is 32.2. The summed E-state index contributed by atoms with van der Waals surface area (Å²) in [5.74, 6) is -1.60. The molecule has 142 valence electrons. The minimum atomic E-state index is -1.30. The van der Waals surface area contributed by atoms with Gasteiger partial charge in [0.05, 0.1) is 6.61 Å². The van der Waals surface area contributed by atoms with Crippen LogP contribution in [0.4, 0.5) is 0 Å². The van der Waals surface area contributed by atoms with Crippen molar-refractivity contribution in [3.63, 3.8) is 0 Å². The number of amides is 2. The lowest BCUT2D eigenvalue weighted by Crippen LogP contribution is -2.70. The Bertz CT molecular complexity index is 655. The Morgan fingerprint density at radius 1 is 1.46 bits per heavy atom. The van der Waals surface area contributed by atoms with Gasteiger partial charge in [-0.1, -0.05) is 0 Å². The number of nitrogens with zero attached hydrogens (tertiary/aromatic N) is 2. The zero-order chi connectivity index (χ0) is 18.8. The van der Waals surface area contributed by atoms with Crippen LogP contribution in [-0.2, 0) is 23.9 Å². The maximum atomic E-state index is 12.3. The topological polar surface area (TPSA) is 136 Å². The SMILES string of the molecule is O=CNC1C(=O)N2C(C(=O)O)=C(C(OC=O)N3CCC[C@H]3CO)CS[C@@H]12. The highest BCUT2D eigenvalue weighted by molar-refractivity contribution is 8.00. The van der Waals surface area contributed by atoms with Gasteiger partial charge in [-0.15, -0.1) is 11.8 Å². The molecule has 2 saturated heterocycles. The van der Waals surface area contributed by atoms with Crippen molar-refractivity contribution in [1.29, 1.82) is 0 Å². The number of thioether (sulfide) groups is 1. The first-order chi connectivity index (χ1) is 12.5. The lowest BCUT2D eigenvalue weighted by Gasteiger charge is -2.50. The Labute approximate surface area is 153 Å². The van der Waals surface area contributed by atoms with E-state index in [1.807, 2.05) is 0 Å². The first-order valence-electron chi connectivity index (χ1n) is 8.11. The molecular weight excluding hydrogens is 366 g/mol. The molecule has 11 heteroatoms. The standard InChI is InChI=1S/C15H19N3O7S/c19-4-8-2-1-3-17(8)13(25-7-21)9-5-26-14-10(16-6-20)12(22)18(14)11(9)15(23)24/h6-8,10,13-14,19H,1-5H2,(H,16,20)(H,23,24)/t8-,10?,13?,14-/m0/s1. The molecule has 2 fully saturated rings. The maximum Gasteiger partial charge on any atom is 0.352 e. The molecule has 3 rings (SSSR count). The van der Waals surface area contributed by atoms with Crippen LogP contribution in [0.25, 0.3) is 0 Å². The van der Waals surface area contributed by atoms with Crippen LogP contribution >= 0.6 is 11.8 Å². The first kappa shape index (κ1) is 18.7. The van der Waals surface area contributed by atoms with Crippen LogP contribution < -0.4 is 5.32 Å². The van der Waals surface area contributed by atoms with Gasteiger partial charge >= 0.3 is 5.97 Å². The molecule has 2 amide bonds. The van der Waals surface area contributed by atoms with Crippen molar-refractivity contribution in [3.8, 4) is 0 Å². The van der Waals surface area contributed by atoms with Gasteiger partial charge in [0.15, 0.2) is 6.23 Å². The number of aliphatic hydroxyl groups excluding tert-OH is 1. The number of carboxylic acids is 1. The smallest absolute Gasteiger partial charge is 0.352 e. The number of hydrogen-bond acceptors (Lipinski definition) is 8. The normalized spacial score (nSPS) is 29.7. The molecule has 0 aromatic heterocycles. The van der Waals surface area contributed by atoms with E-state index in [9.17, 15) is 29.4 Å². The Morgan fingerprint density at radius 2 is 2.23 bits per heavy atom. The molecule has 2 unspecified atom stereocenters. The van der Waals surface area contributed by atoms with Gasteiger partial charge in [0.1, 0.15) is 17.1 Å². The molecule has 0 saturated carbocycles. The van der Waals surface area contributed by atoms with Crippen LogP contribution in [0.15, 0.2) is 11.3 Å². The second-order valence-corrected chi connectivity index (χ2v) is 7.26. The molecular formula is C15H19N3O7S. The molecule has 3 aliphatic rings. The third-order valence-electron chi connectivity index (χ3n) is 4.87. The van der Waals surface area contributed by atoms with Gasteiger partial charge in [0.2, 0.25) is 6.41 Å². The maximum absolute atomic E-state index is 12.3. The summed E-state index contributed by atoms with van der Waals surface area (Å²) >= 11 is 1.29. The van der Waals surface area contributed by atoms with Crippen molar-refractivity contribution in [3.05, 3.63) is 11.3 Å². The van der Waals surface area contributed by atoms with Gasteiger partial charge in [0, 0.05) is 23.9 Å². The summed E-state index contributed by atoms with van der Waals surface area (Å²) in [5, 5.41) is 21.1. The molecule has 0 aromatic rings. The number of rotatable bonds is 8. The molecule has 4 atom stereocenters. The average Bonchev–Trinajstić information content (AvgIpc) is 3.11. The van der Waals surface area contributed by atoms with E-state index in [4.69, 9.17) is 4.74 Å². The van der Waals surface area contributed by atoms with Gasteiger partial charge in [-0.25, -0.2) is 4.79 Å². The van der Waals surface area contributed by atoms with Gasteiger partial charge < -0.3 is 20.3 Å². The molecule has 3 N–H and O–H groups in total. The summed E-state index contributed by atoms with van der Waals surface area (Å²) in [7, 11) is 0. The van der Waals surface area contributed by atoms with Crippen LogP contribution in [0, 0.1) is 0 Å². The number of aliphatic carboxylic acids is 1. The van der Waals surface area contributed by atoms with E-state index in [-0.39, 0.29) is 30.6 Å².